The lowest BCUT2D eigenvalue weighted by atomic mass is 9.72. The predicted molar refractivity (Wildman–Crippen MR) is 84.2 cm³/mol. The second-order valence-corrected chi connectivity index (χ2v) is 7.51. The summed E-state index contributed by atoms with van der Waals surface area (Å²) in [6, 6.07) is 0. The molecule has 0 aromatic heterocycles. The topological polar surface area (TPSA) is 46.6 Å². The van der Waals surface area contributed by atoms with E-state index in [1.807, 2.05) is 27.7 Å². The summed E-state index contributed by atoms with van der Waals surface area (Å²) in [5.41, 5.74) is -1.32. The Kier molecular flexibility index (Phi) is 5.83. The van der Waals surface area contributed by atoms with Crippen molar-refractivity contribution >= 4 is 12.4 Å². The van der Waals surface area contributed by atoms with Crippen molar-refractivity contribution in [3.8, 4) is 0 Å². The molecule has 0 spiro atoms. The van der Waals surface area contributed by atoms with Crippen molar-refractivity contribution < 1.29 is 14.3 Å². The van der Waals surface area contributed by atoms with E-state index in [0.717, 1.165) is 37.9 Å². The van der Waals surface area contributed by atoms with Gasteiger partial charge in [0.2, 0.25) is 0 Å². The van der Waals surface area contributed by atoms with E-state index < -0.39 is 17.2 Å². The summed E-state index contributed by atoms with van der Waals surface area (Å²) in [5, 5.41) is 0. The van der Waals surface area contributed by atoms with Crippen molar-refractivity contribution in [3.05, 3.63) is 0 Å². The number of rotatable bonds is 4. The van der Waals surface area contributed by atoms with E-state index >= 15 is 0 Å². The summed E-state index contributed by atoms with van der Waals surface area (Å²) in [4.78, 5) is 25.5. The van der Waals surface area contributed by atoms with Crippen molar-refractivity contribution in [2.75, 3.05) is 7.05 Å². The first-order valence-electron chi connectivity index (χ1n) is 8.07. The minimum absolute atomic E-state index is 0.218. The highest BCUT2D eigenvalue weighted by Gasteiger charge is 2.43. The van der Waals surface area contributed by atoms with Crippen LogP contribution in [0.1, 0.15) is 66.7 Å². The molecular weight excluding hydrogens is 266 g/mol. The van der Waals surface area contributed by atoms with E-state index in [9.17, 15) is 9.59 Å². The van der Waals surface area contributed by atoms with Crippen molar-refractivity contribution in [3.63, 3.8) is 0 Å². The fourth-order valence-corrected chi connectivity index (χ4v) is 3.13. The van der Waals surface area contributed by atoms with Crippen molar-refractivity contribution in [2.45, 2.75) is 77.9 Å². The number of aldehydes is 1. The van der Waals surface area contributed by atoms with Gasteiger partial charge in [-0.05, 0) is 52.4 Å². The van der Waals surface area contributed by atoms with E-state index in [-0.39, 0.29) is 5.92 Å². The van der Waals surface area contributed by atoms with Crippen LogP contribution in [0, 0.1) is 11.8 Å². The van der Waals surface area contributed by atoms with Gasteiger partial charge in [0, 0.05) is 7.05 Å². The van der Waals surface area contributed by atoms with Crippen LogP contribution in [0.3, 0.4) is 0 Å². The molecule has 0 aliphatic heterocycles. The average molecular weight is 297 g/mol. The van der Waals surface area contributed by atoms with Crippen molar-refractivity contribution in [1.29, 1.82) is 0 Å². The minimum atomic E-state index is -0.777. The van der Waals surface area contributed by atoms with Crippen LogP contribution in [0.15, 0.2) is 0 Å². The molecule has 0 aromatic rings. The molecule has 4 heteroatoms. The molecule has 0 N–H and O–H groups in total. The molecule has 0 saturated heterocycles. The molecule has 1 unspecified atom stereocenters. The van der Waals surface area contributed by atoms with E-state index in [4.69, 9.17) is 4.74 Å². The third kappa shape index (κ3) is 4.45. The lowest BCUT2D eigenvalue weighted by Gasteiger charge is -2.43. The molecule has 1 saturated carbocycles. The first kappa shape index (κ1) is 18.0. The Morgan fingerprint density at radius 2 is 1.71 bits per heavy atom. The Labute approximate surface area is 129 Å². The highest BCUT2D eigenvalue weighted by molar-refractivity contribution is 5.76. The lowest BCUT2D eigenvalue weighted by Crippen LogP contribution is -2.55. The van der Waals surface area contributed by atoms with Gasteiger partial charge in [0.15, 0.2) is 0 Å². The summed E-state index contributed by atoms with van der Waals surface area (Å²) in [6.07, 6.45) is 6.00. The highest BCUT2D eigenvalue weighted by Crippen LogP contribution is 2.38. The summed E-state index contributed by atoms with van der Waals surface area (Å²) >= 11 is 0. The van der Waals surface area contributed by atoms with E-state index in [2.05, 4.69) is 6.92 Å². The van der Waals surface area contributed by atoms with Crippen LogP contribution in [0.2, 0.25) is 0 Å². The molecule has 21 heavy (non-hydrogen) atoms. The van der Waals surface area contributed by atoms with Gasteiger partial charge in [-0.25, -0.2) is 4.79 Å². The van der Waals surface area contributed by atoms with E-state index in [1.54, 1.807) is 7.05 Å². The summed E-state index contributed by atoms with van der Waals surface area (Å²) in [7, 11) is 1.67. The second kappa shape index (κ2) is 6.80. The third-order valence-electron chi connectivity index (χ3n) is 4.88. The van der Waals surface area contributed by atoms with E-state index in [0.29, 0.717) is 0 Å². The number of hydrogen-bond donors (Lipinski definition) is 0. The average Bonchev–Trinajstić information content (AvgIpc) is 2.44. The fourth-order valence-electron chi connectivity index (χ4n) is 3.13. The maximum absolute atomic E-state index is 12.3. The van der Waals surface area contributed by atoms with Gasteiger partial charge < -0.3 is 9.53 Å². The number of amides is 1. The molecule has 4 nitrogen and oxygen atoms in total. The summed E-state index contributed by atoms with van der Waals surface area (Å²) < 4.78 is 5.41. The van der Waals surface area contributed by atoms with Gasteiger partial charge in [0.1, 0.15) is 17.4 Å². The minimum Gasteiger partial charge on any atom is -0.444 e. The zero-order valence-corrected chi connectivity index (χ0v) is 14.4. The Balaban J connectivity index is 2.79. The van der Waals surface area contributed by atoms with Gasteiger partial charge in [-0.15, -0.1) is 0 Å². The van der Waals surface area contributed by atoms with Gasteiger partial charge in [-0.2, -0.15) is 0 Å². The molecule has 1 aliphatic carbocycles. The van der Waals surface area contributed by atoms with Gasteiger partial charge >= 0.3 is 6.09 Å². The van der Waals surface area contributed by atoms with Gasteiger partial charge in [-0.1, -0.05) is 26.2 Å². The van der Waals surface area contributed by atoms with Gasteiger partial charge in [-0.3, -0.25) is 4.90 Å². The summed E-state index contributed by atoms with van der Waals surface area (Å²) in [6.45, 7) is 9.59. The number of carbonyl (C=O) groups excluding carboxylic acids is 2. The molecule has 1 atom stereocenters. The number of ether oxygens (including phenoxy) is 1. The predicted octanol–water partition coefficient (Wildman–Crippen LogP) is 4.03. The molecule has 1 amide bonds. The standard InChI is InChI=1S/C17H31NO3/c1-7-13-8-10-14(11-9-13)17(5,12-19)18(6)15(20)21-16(2,3)4/h12-14H,7-11H2,1-6H3. The van der Waals surface area contributed by atoms with Crippen LogP contribution >= 0.6 is 0 Å². The first-order valence-corrected chi connectivity index (χ1v) is 8.07. The van der Waals surface area contributed by atoms with Crippen LogP contribution in [-0.2, 0) is 9.53 Å². The van der Waals surface area contributed by atoms with Gasteiger partial charge in [0.05, 0.1) is 0 Å². The van der Waals surface area contributed by atoms with Crippen LogP contribution in [-0.4, -0.2) is 35.5 Å². The maximum atomic E-state index is 12.3. The Hall–Kier alpha value is -1.06. The zero-order valence-electron chi connectivity index (χ0n) is 14.4. The molecule has 0 radical (unpaired) electrons. The fraction of sp³-hybridized carbons (Fsp3) is 0.882. The quantitative estimate of drug-likeness (QED) is 0.736. The molecular formula is C17H31NO3. The van der Waals surface area contributed by atoms with Crippen molar-refractivity contribution in [2.24, 2.45) is 11.8 Å². The Morgan fingerprint density at radius 1 is 1.19 bits per heavy atom. The van der Waals surface area contributed by atoms with Crippen LogP contribution < -0.4 is 0 Å². The van der Waals surface area contributed by atoms with E-state index in [1.165, 1.54) is 11.3 Å². The first-order chi connectivity index (χ1) is 9.64. The molecule has 0 aromatic carbocycles. The largest absolute Gasteiger partial charge is 0.444 e. The molecule has 1 rings (SSSR count). The Morgan fingerprint density at radius 3 is 2.10 bits per heavy atom. The van der Waals surface area contributed by atoms with Crippen molar-refractivity contribution in [1.82, 2.24) is 4.90 Å². The molecule has 0 bridgehead atoms. The molecule has 1 fully saturated rings. The van der Waals surface area contributed by atoms with Crippen LogP contribution in [0.25, 0.3) is 0 Å². The Bertz CT molecular complexity index is 367. The maximum Gasteiger partial charge on any atom is 0.410 e. The SMILES string of the molecule is CCC1CCC(C(C)(C=O)N(C)C(=O)OC(C)(C)C)CC1. The van der Waals surface area contributed by atoms with Crippen LogP contribution in [0.4, 0.5) is 4.79 Å². The molecule has 1 aliphatic rings. The summed E-state index contributed by atoms with van der Waals surface area (Å²) in [5.74, 6) is 0.985. The number of carbonyl (C=O) groups is 2. The monoisotopic (exact) mass is 297 g/mol. The number of nitrogens with zero attached hydrogens (tertiary/aromatic N) is 1. The normalized spacial score (nSPS) is 25.8. The smallest absolute Gasteiger partial charge is 0.410 e. The highest BCUT2D eigenvalue weighted by atomic mass is 16.6. The third-order valence-corrected chi connectivity index (χ3v) is 4.88. The molecule has 0 heterocycles. The zero-order chi connectivity index (χ0) is 16.3. The van der Waals surface area contributed by atoms with Gasteiger partial charge in [0.25, 0.3) is 0 Å². The lowest BCUT2D eigenvalue weighted by molar-refractivity contribution is -0.121. The van der Waals surface area contributed by atoms with Crippen LogP contribution in [0.5, 0.6) is 0 Å². The number of likely N-dealkylation sites (N-methyl/N-ethyl adjacent to an activating group) is 1. The number of hydrogen-bond acceptors (Lipinski definition) is 3. The second-order valence-electron chi connectivity index (χ2n) is 7.51. The molecule has 122 valence electrons.